The summed E-state index contributed by atoms with van der Waals surface area (Å²) in [6, 6.07) is 5.08. The monoisotopic (exact) mass is 294 g/mol. The SMILES string of the molecule is Cc1ccc(N2CCC(=O)NC(C(C)C)C2=O)c(Cl)c1. The third-order valence-electron chi connectivity index (χ3n) is 3.47. The predicted molar refractivity (Wildman–Crippen MR) is 79.9 cm³/mol. The highest BCUT2D eigenvalue weighted by molar-refractivity contribution is 6.34. The van der Waals surface area contributed by atoms with Gasteiger partial charge in [0.2, 0.25) is 11.8 Å². The largest absolute Gasteiger partial charge is 0.344 e. The van der Waals surface area contributed by atoms with Crippen molar-refractivity contribution in [3.05, 3.63) is 28.8 Å². The normalized spacial score (nSPS) is 20.1. The first kappa shape index (κ1) is 14.9. The third-order valence-corrected chi connectivity index (χ3v) is 3.77. The highest BCUT2D eigenvalue weighted by Gasteiger charge is 2.33. The number of benzene rings is 1. The van der Waals surface area contributed by atoms with Crippen molar-refractivity contribution >= 4 is 29.1 Å². The van der Waals surface area contributed by atoms with E-state index in [4.69, 9.17) is 11.6 Å². The molecule has 0 radical (unpaired) electrons. The molecule has 108 valence electrons. The zero-order valence-corrected chi connectivity index (χ0v) is 12.7. The van der Waals surface area contributed by atoms with E-state index in [0.29, 0.717) is 23.7 Å². The number of nitrogens with one attached hydrogen (secondary N) is 1. The van der Waals surface area contributed by atoms with Gasteiger partial charge >= 0.3 is 0 Å². The minimum Gasteiger partial charge on any atom is -0.344 e. The molecule has 0 saturated carbocycles. The van der Waals surface area contributed by atoms with Crippen LogP contribution in [0.3, 0.4) is 0 Å². The second-order valence-electron chi connectivity index (χ2n) is 5.48. The summed E-state index contributed by atoms with van der Waals surface area (Å²) in [7, 11) is 0. The van der Waals surface area contributed by atoms with Gasteiger partial charge in [0.1, 0.15) is 6.04 Å². The Balaban J connectivity index is 2.38. The Hall–Kier alpha value is -1.55. The van der Waals surface area contributed by atoms with E-state index in [1.807, 2.05) is 39.0 Å². The molecule has 1 N–H and O–H groups in total. The molecule has 1 fully saturated rings. The Morgan fingerprint density at radius 2 is 2.05 bits per heavy atom. The minimum atomic E-state index is -0.498. The van der Waals surface area contributed by atoms with Crippen LogP contribution in [0.2, 0.25) is 5.02 Å². The van der Waals surface area contributed by atoms with Gasteiger partial charge in [-0.2, -0.15) is 0 Å². The molecule has 4 nitrogen and oxygen atoms in total. The number of halogens is 1. The van der Waals surface area contributed by atoms with Crippen molar-refractivity contribution in [3.63, 3.8) is 0 Å². The summed E-state index contributed by atoms with van der Waals surface area (Å²) in [5.74, 6) is -0.157. The highest BCUT2D eigenvalue weighted by Crippen LogP contribution is 2.29. The van der Waals surface area contributed by atoms with E-state index in [-0.39, 0.29) is 17.7 Å². The topological polar surface area (TPSA) is 49.4 Å². The first-order chi connectivity index (χ1) is 9.40. The molecule has 2 amide bonds. The molecule has 5 heteroatoms. The van der Waals surface area contributed by atoms with Crippen molar-refractivity contribution < 1.29 is 9.59 Å². The van der Waals surface area contributed by atoms with E-state index >= 15 is 0 Å². The van der Waals surface area contributed by atoms with Crippen molar-refractivity contribution in [2.24, 2.45) is 5.92 Å². The molecule has 2 rings (SSSR count). The lowest BCUT2D eigenvalue weighted by atomic mass is 10.0. The summed E-state index contributed by atoms with van der Waals surface area (Å²) in [6.45, 7) is 6.14. The quantitative estimate of drug-likeness (QED) is 0.911. The van der Waals surface area contributed by atoms with Gasteiger partial charge in [-0.15, -0.1) is 0 Å². The van der Waals surface area contributed by atoms with Crippen LogP contribution in [0.4, 0.5) is 5.69 Å². The van der Waals surface area contributed by atoms with E-state index in [9.17, 15) is 9.59 Å². The van der Waals surface area contributed by atoms with Crippen molar-refractivity contribution in [1.82, 2.24) is 5.32 Å². The fourth-order valence-corrected chi connectivity index (χ4v) is 2.66. The Morgan fingerprint density at radius 1 is 1.35 bits per heavy atom. The van der Waals surface area contributed by atoms with Crippen LogP contribution >= 0.6 is 11.6 Å². The fraction of sp³-hybridized carbons (Fsp3) is 0.467. The summed E-state index contributed by atoms with van der Waals surface area (Å²) in [5, 5.41) is 3.32. The van der Waals surface area contributed by atoms with Gasteiger partial charge in [0.05, 0.1) is 10.7 Å². The first-order valence-electron chi connectivity index (χ1n) is 6.77. The lowest BCUT2D eigenvalue weighted by Gasteiger charge is -2.26. The second kappa shape index (κ2) is 5.83. The van der Waals surface area contributed by atoms with Crippen molar-refractivity contribution in [3.8, 4) is 0 Å². The van der Waals surface area contributed by atoms with Crippen molar-refractivity contribution in [2.45, 2.75) is 33.2 Å². The molecule has 1 atom stereocenters. The maximum atomic E-state index is 12.6. The fourth-order valence-electron chi connectivity index (χ4n) is 2.32. The Morgan fingerprint density at radius 3 is 2.65 bits per heavy atom. The van der Waals surface area contributed by atoms with Gasteiger partial charge in [-0.3, -0.25) is 9.59 Å². The molecule has 20 heavy (non-hydrogen) atoms. The van der Waals surface area contributed by atoms with Gasteiger partial charge in [0.15, 0.2) is 0 Å². The van der Waals surface area contributed by atoms with Crippen LogP contribution in [0.5, 0.6) is 0 Å². The number of carbonyl (C=O) groups excluding carboxylic acids is 2. The van der Waals surface area contributed by atoms with Crippen LogP contribution in [-0.2, 0) is 9.59 Å². The van der Waals surface area contributed by atoms with Crippen LogP contribution in [0.15, 0.2) is 18.2 Å². The molecule has 1 unspecified atom stereocenters. The van der Waals surface area contributed by atoms with E-state index in [2.05, 4.69) is 5.32 Å². The number of anilines is 1. The number of rotatable bonds is 2. The summed E-state index contributed by atoms with van der Waals surface area (Å²) < 4.78 is 0. The molecule has 1 heterocycles. The van der Waals surface area contributed by atoms with Gasteiger partial charge in [-0.05, 0) is 30.5 Å². The van der Waals surface area contributed by atoms with Gasteiger partial charge < -0.3 is 10.2 Å². The zero-order valence-electron chi connectivity index (χ0n) is 11.9. The van der Waals surface area contributed by atoms with E-state index in [1.165, 1.54) is 0 Å². The molecule has 0 aliphatic carbocycles. The summed E-state index contributed by atoms with van der Waals surface area (Å²) in [6.07, 6.45) is 0.291. The lowest BCUT2D eigenvalue weighted by molar-refractivity contribution is -0.126. The van der Waals surface area contributed by atoms with Crippen molar-refractivity contribution in [2.75, 3.05) is 11.4 Å². The van der Waals surface area contributed by atoms with Gasteiger partial charge in [-0.1, -0.05) is 31.5 Å². The maximum Gasteiger partial charge on any atom is 0.249 e. The Bertz CT molecular complexity index is 543. The average molecular weight is 295 g/mol. The van der Waals surface area contributed by atoms with E-state index in [1.54, 1.807) is 4.90 Å². The van der Waals surface area contributed by atoms with Gasteiger partial charge in [0.25, 0.3) is 0 Å². The van der Waals surface area contributed by atoms with E-state index < -0.39 is 6.04 Å². The third kappa shape index (κ3) is 2.96. The molecule has 1 aromatic carbocycles. The summed E-state index contributed by atoms with van der Waals surface area (Å²) in [5.41, 5.74) is 1.71. The summed E-state index contributed by atoms with van der Waals surface area (Å²) in [4.78, 5) is 26.0. The molecule has 1 aliphatic heterocycles. The molecular formula is C15H19ClN2O2. The van der Waals surface area contributed by atoms with Gasteiger partial charge in [0, 0.05) is 13.0 Å². The second-order valence-corrected chi connectivity index (χ2v) is 5.89. The number of hydrogen-bond acceptors (Lipinski definition) is 2. The van der Waals surface area contributed by atoms with E-state index in [0.717, 1.165) is 5.56 Å². The smallest absolute Gasteiger partial charge is 0.249 e. The number of carbonyl (C=O) groups is 2. The highest BCUT2D eigenvalue weighted by atomic mass is 35.5. The Labute approximate surface area is 124 Å². The molecule has 0 aromatic heterocycles. The number of hydrogen-bond donors (Lipinski definition) is 1. The van der Waals surface area contributed by atoms with Gasteiger partial charge in [-0.25, -0.2) is 0 Å². The van der Waals surface area contributed by atoms with Crippen LogP contribution < -0.4 is 10.2 Å². The molecule has 0 bridgehead atoms. The Kier molecular flexibility index (Phi) is 4.33. The van der Waals surface area contributed by atoms with Crippen LogP contribution in [0, 0.1) is 12.8 Å². The van der Waals surface area contributed by atoms with Crippen molar-refractivity contribution in [1.29, 1.82) is 0 Å². The molecule has 1 aromatic rings. The number of amides is 2. The number of aryl methyl sites for hydroxylation is 1. The number of nitrogens with zero attached hydrogens (tertiary/aromatic N) is 1. The predicted octanol–water partition coefficient (Wildman–Crippen LogP) is 2.53. The van der Waals surface area contributed by atoms with Crippen LogP contribution in [0.1, 0.15) is 25.8 Å². The average Bonchev–Trinajstić information content (AvgIpc) is 2.50. The molecule has 1 aliphatic rings. The van der Waals surface area contributed by atoms with Crippen LogP contribution in [-0.4, -0.2) is 24.4 Å². The molecular weight excluding hydrogens is 276 g/mol. The molecule has 1 saturated heterocycles. The summed E-state index contributed by atoms with van der Waals surface area (Å²) >= 11 is 6.25. The molecule has 0 spiro atoms. The first-order valence-corrected chi connectivity index (χ1v) is 7.15. The van der Waals surface area contributed by atoms with Crippen LogP contribution in [0.25, 0.3) is 0 Å². The minimum absolute atomic E-state index is 0.0382. The zero-order chi connectivity index (χ0) is 14.9. The lowest BCUT2D eigenvalue weighted by Crippen LogP contribution is -2.47. The standard InChI is InChI=1S/C15H19ClN2O2/c1-9(2)14-15(20)18(7-6-13(19)17-14)12-5-4-10(3)8-11(12)16/h4-5,8-9,14H,6-7H2,1-3H3,(H,17,19). The maximum absolute atomic E-state index is 12.6.